The van der Waals surface area contributed by atoms with Crippen LogP contribution in [-0.2, 0) is 89.6 Å². The van der Waals surface area contributed by atoms with Crippen LogP contribution in [0.3, 0.4) is 0 Å². The van der Waals surface area contributed by atoms with E-state index in [0.717, 1.165) is 164 Å². The predicted octanol–water partition coefficient (Wildman–Crippen LogP) is 16.8. The Kier molecular flexibility index (Phi) is 52.4. The molecule has 142 heavy (non-hydrogen) atoms. The van der Waals surface area contributed by atoms with Crippen LogP contribution >= 0.6 is 15.9 Å². The van der Waals surface area contributed by atoms with Gasteiger partial charge in [-0.2, -0.15) is 48.9 Å². The number of pyridine rings is 5. The average Bonchev–Trinajstić information content (AvgIpc) is 1.64. The molecule has 0 bridgehead atoms. The van der Waals surface area contributed by atoms with Gasteiger partial charge in [0.1, 0.15) is 39.3 Å². The van der Waals surface area contributed by atoms with Crippen LogP contribution in [0.5, 0.6) is 0 Å². The van der Waals surface area contributed by atoms with Crippen LogP contribution in [-0.4, -0.2) is 185 Å². The number of ether oxygens (including phenoxy) is 1. The molecule has 0 unspecified atom stereocenters. The van der Waals surface area contributed by atoms with Crippen molar-refractivity contribution in [2.45, 2.75) is 202 Å². The van der Waals surface area contributed by atoms with Gasteiger partial charge < -0.3 is 55.1 Å². The molecule has 13 heterocycles. The summed E-state index contributed by atoms with van der Waals surface area (Å²) in [5.41, 5.74) is 29.9. The number of halogens is 1. The Labute approximate surface area is 841 Å². The predicted molar refractivity (Wildman–Crippen MR) is 546 cm³/mol. The van der Waals surface area contributed by atoms with Gasteiger partial charge in [0, 0.05) is 74.1 Å². The van der Waals surface area contributed by atoms with Gasteiger partial charge in [0.25, 0.3) is 0 Å². The maximum Gasteiger partial charge on any atom is 0.373 e. The Morgan fingerprint density at radius 2 is 0.894 bits per heavy atom. The zero-order chi connectivity index (χ0) is 105. The lowest BCUT2D eigenvalue weighted by molar-refractivity contribution is -0.193. The smallest absolute Gasteiger partial charge is 0.373 e. The third kappa shape index (κ3) is 42.5. The van der Waals surface area contributed by atoms with Crippen LogP contribution in [0.4, 0.5) is 35.2 Å². The van der Waals surface area contributed by atoms with E-state index >= 15 is 0 Å². The highest BCUT2D eigenvalue weighted by Crippen LogP contribution is 2.39. The van der Waals surface area contributed by atoms with Gasteiger partial charge in [0.2, 0.25) is 11.9 Å². The van der Waals surface area contributed by atoms with Crippen molar-refractivity contribution >= 4 is 98.3 Å². The first kappa shape index (κ1) is 118. The molecule has 0 spiro atoms. The van der Waals surface area contributed by atoms with Gasteiger partial charge in [-0.05, 0) is 256 Å². The topological polar surface area (TPSA) is 522 Å². The third-order valence-electron chi connectivity index (χ3n) is 24.4. The number of aromatic nitrogens is 12. The largest absolute Gasteiger partial charge is 0.469 e. The van der Waals surface area contributed by atoms with Crippen molar-refractivity contribution in [1.29, 1.82) is 10.5 Å². The monoisotopic (exact) mass is 2030 g/mol. The number of carbonyl (C=O) groups is 1. The quantitative estimate of drug-likeness (QED) is 0.0111. The van der Waals surface area contributed by atoms with E-state index in [1.165, 1.54) is 64.9 Å². The number of nitrogens with two attached hydrogens (primary N) is 2. The van der Waals surface area contributed by atoms with E-state index in [1.807, 2.05) is 91.1 Å². The van der Waals surface area contributed by atoms with E-state index in [9.17, 15) is 10.1 Å². The van der Waals surface area contributed by atoms with Crippen molar-refractivity contribution in [1.82, 2.24) is 65.2 Å². The van der Waals surface area contributed by atoms with Gasteiger partial charge in [-0.25, -0.2) is 49.5 Å². The fourth-order valence-electron chi connectivity index (χ4n) is 14.1. The number of methoxy groups -OCH3 is 1. The number of hydrogen-bond acceptors (Lipinski definition) is 34. The molecule has 6 N–H and O–H groups in total. The van der Waals surface area contributed by atoms with E-state index in [2.05, 4.69) is 232 Å². The molecule has 10 aromatic rings. The minimum absolute atomic E-state index is 0.0259. The summed E-state index contributed by atoms with van der Waals surface area (Å²) in [6.07, 6.45) is 21.1. The van der Waals surface area contributed by atoms with Crippen LogP contribution in [0, 0.1) is 58.7 Å². The molecule has 37 nitrogen and oxygen atoms in total. The number of nitrogens with zero attached hydrogens (tertiary/aromatic N) is 21. The fourth-order valence-corrected chi connectivity index (χ4v) is 16.4. The number of nitrogens with one attached hydrogen (secondary N) is 1. The molecule has 5 saturated heterocycles. The zero-order valence-electron chi connectivity index (χ0n) is 83.6. The summed E-state index contributed by atoms with van der Waals surface area (Å²) in [5.74, 6) is 9.40. The van der Waals surface area contributed by atoms with Crippen LogP contribution in [0.15, 0.2) is 168 Å². The number of aliphatic hydroxyl groups is 1. The number of anilines is 6. The van der Waals surface area contributed by atoms with Crippen molar-refractivity contribution in [2.75, 3.05) is 104 Å². The summed E-state index contributed by atoms with van der Waals surface area (Å²) in [7, 11) is -1.92. The van der Waals surface area contributed by atoms with Crippen molar-refractivity contribution in [3.63, 3.8) is 0 Å². The molecule has 2 aromatic carbocycles. The molecule has 5 aliphatic rings. The normalized spacial score (nSPS) is 14.1. The molecule has 752 valence electrons. The maximum absolute atomic E-state index is 10.9. The molecule has 0 amide bonds. The molecule has 0 radical (unpaired) electrons. The van der Waals surface area contributed by atoms with Crippen molar-refractivity contribution in [3.8, 4) is 58.4 Å². The van der Waals surface area contributed by atoms with E-state index in [4.69, 9.17) is 91.0 Å². The molecular weight excluding hydrogens is 1910 g/mol. The Hall–Kier alpha value is -14.1. The van der Waals surface area contributed by atoms with Gasteiger partial charge in [-0.3, -0.25) is 4.79 Å². The summed E-state index contributed by atoms with van der Waals surface area (Å²) in [6, 6.07) is 52.0. The Bertz CT molecular complexity index is 5830. The summed E-state index contributed by atoms with van der Waals surface area (Å²) in [6.45, 7) is 42.3. The van der Waals surface area contributed by atoms with Crippen LogP contribution in [0.25, 0.3) is 44.3 Å². The van der Waals surface area contributed by atoms with E-state index in [0.29, 0.717) is 65.9 Å². The molecule has 0 saturated carbocycles. The number of carbonyl (C=O) groups excluding carboxylic acids is 9. The van der Waals surface area contributed by atoms with Gasteiger partial charge in [-0.1, -0.05) is 133 Å². The number of terminal acetylenes is 1. The number of nitriles is 2. The van der Waals surface area contributed by atoms with Crippen molar-refractivity contribution < 1.29 is 61.8 Å². The summed E-state index contributed by atoms with van der Waals surface area (Å²) >= 11 is 3.37. The highest BCUT2D eigenvalue weighted by atomic mass is 79.9. The molecule has 0 aliphatic carbocycles. The number of hydrogen-bond donors (Lipinski definition) is 4. The van der Waals surface area contributed by atoms with Crippen molar-refractivity contribution in [3.05, 3.63) is 218 Å². The molecule has 5 fully saturated rings. The lowest BCUT2D eigenvalue weighted by Gasteiger charge is -2.36. The SMILES string of the molecule is C#Cc1cc(-c2cccc(C#N)c2)nc(N)n1.CC(C)(C)[Si](C)(C)OCc1cccc(Br)n1.CC1CCN(c2cccc(CN=[N+]=[N-])n2)CC1.CC1CCN(c2cccc(CO)n2)CC1.CC1CCN(c2cccc(CO[Si](C)(C)C(C)(C)C)n2)CC1.COC(=O)C1CCNCC1.N#Cc1cccc(-c2cc(-c3cn(Cc4cccc(N5CCCCC5)n4)nn3)nc(N)n2)c1.O=C=O.O=C=O.O=C=O.O=C=O. The number of piperidine rings is 5. The van der Waals surface area contributed by atoms with E-state index < -0.39 is 16.6 Å². The van der Waals surface area contributed by atoms with Crippen LogP contribution < -0.4 is 36.4 Å². The highest BCUT2D eigenvalue weighted by molar-refractivity contribution is 9.10. The Morgan fingerprint density at radius 1 is 0.514 bits per heavy atom. The van der Waals surface area contributed by atoms with E-state index in [1.54, 1.807) is 47.1 Å². The molecule has 8 aromatic heterocycles. The average molecular weight is 2040 g/mol. The standard InChI is InChI=1S/C24H23N9.C18H32N2OSi.C13H8N4.C12H20BrNOSi.C12H17N5.C12H18N2O.C7H13NO2.4CO2/c25-14-17-6-4-7-18(12-17)20-13-21(29-24(26)28-20)22-16-33(31-30-22)15-19-8-5-9-23(27-19)32-10-2-1-3-11-32;1-15-10-12-20(13-11-15)17-9-7-8-16(19-17)14-21-22(5,6)18(2,3)4;1-2-11-7-12(17-13(15)16-11)10-5-3-4-9(6-10)8-14;1-12(2,3)16(4,5)15-9-10-7-6-8-11(13)14-10;1-10-5-7-17(8-6-10)12-4-2-3-11(15-12)9-14-16-13;1-10-5-7-14(8-6-10)12-4-2-3-11(9-15)13-12;1-10-7(9)6-2-4-8-5-3-6;4*2-1-3/h4-9,12-13,16H,1-3,10-11,15H2,(H2,26,28,29);7-9,15H,10-14H2,1-6H3;1,3-7H,(H2,15,16,17);6-8H,9H2,1-5H3;2-4,10H,5-9H2,1H3;2-4,10,15H,5-9H2,1H3;6,8H,2-5H2,1H3;;;;. The number of rotatable bonds is 19. The highest BCUT2D eigenvalue weighted by Gasteiger charge is 2.38. The van der Waals surface area contributed by atoms with Crippen molar-refractivity contribution in [2.24, 2.45) is 28.8 Å². The minimum Gasteiger partial charge on any atom is -0.469 e. The van der Waals surface area contributed by atoms with E-state index in [-0.39, 0.29) is 65.1 Å². The molecular formula is C102H131BrN24O13Si2. The lowest BCUT2D eigenvalue weighted by atomic mass is 9.99. The zero-order valence-corrected chi connectivity index (χ0v) is 87.1. The van der Waals surface area contributed by atoms with Gasteiger partial charge in [-0.15, -0.1) is 11.5 Å². The summed E-state index contributed by atoms with van der Waals surface area (Å²) in [5, 5.41) is 42.8. The summed E-state index contributed by atoms with van der Waals surface area (Å²) < 4.78 is 19.6. The number of aliphatic hydroxyl groups excluding tert-OH is 1. The molecule has 0 atom stereocenters. The minimum atomic E-state index is -1.71. The first-order valence-corrected chi connectivity index (χ1v) is 53.3. The van der Waals surface area contributed by atoms with Gasteiger partial charge in [0.15, 0.2) is 16.6 Å². The Morgan fingerprint density at radius 3 is 1.32 bits per heavy atom. The lowest BCUT2D eigenvalue weighted by Crippen LogP contribution is -2.40. The number of benzene rings is 2. The van der Waals surface area contributed by atoms with Crippen LogP contribution in [0.2, 0.25) is 36.3 Å². The second-order valence-electron chi connectivity index (χ2n) is 36.8. The Balaban J connectivity index is 0.000000293. The first-order valence-electron chi connectivity index (χ1n) is 46.7. The molecule has 5 aliphatic heterocycles. The second-order valence-corrected chi connectivity index (χ2v) is 47.2. The number of azide groups is 1. The summed E-state index contributed by atoms with van der Waals surface area (Å²) in [4.78, 5) is 128. The molecule has 40 heteroatoms. The maximum atomic E-state index is 10.9. The van der Waals surface area contributed by atoms with Gasteiger partial charge in [0.05, 0.1) is 115 Å². The second kappa shape index (κ2) is 62.8. The number of nitrogen functional groups attached to an aromatic ring is 2. The molecule has 15 rings (SSSR count). The fraction of sp³-hybridized carbons (Fsp3) is 0.451. The van der Waals surface area contributed by atoms with Gasteiger partial charge >= 0.3 is 30.6 Å². The first-order chi connectivity index (χ1) is 67.9. The number of esters is 1. The van der Waals surface area contributed by atoms with Crippen LogP contribution in [0.1, 0.15) is 178 Å². The third-order valence-corrected chi connectivity index (χ3v) is 33.8.